The average Bonchev–Trinajstić information content (AvgIpc) is 2.81. The third-order valence-electron chi connectivity index (χ3n) is 2.75. The van der Waals surface area contributed by atoms with E-state index in [0.717, 1.165) is 29.1 Å². The molecule has 0 saturated heterocycles. The van der Waals surface area contributed by atoms with Gasteiger partial charge in [-0.2, -0.15) is 16.1 Å². The van der Waals surface area contributed by atoms with E-state index < -0.39 is 0 Å². The van der Waals surface area contributed by atoms with E-state index in [-0.39, 0.29) is 0 Å². The molecule has 2 rings (SSSR count). The van der Waals surface area contributed by atoms with Crippen LogP contribution in [-0.2, 0) is 0 Å². The number of nitrogens with zero attached hydrogens (tertiary/aromatic N) is 2. The summed E-state index contributed by atoms with van der Waals surface area (Å²) in [6.45, 7) is 0.959. The fourth-order valence-electron chi connectivity index (χ4n) is 1.79. The molecule has 4 nitrogen and oxygen atoms in total. The molecule has 2 aromatic heterocycles. The minimum absolute atomic E-state index is 0.586. The van der Waals surface area contributed by atoms with Crippen molar-refractivity contribution in [2.45, 2.75) is 12.8 Å². The van der Waals surface area contributed by atoms with E-state index in [2.05, 4.69) is 20.9 Å². The van der Waals surface area contributed by atoms with Crippen molar-refractivity contribution in [3.8, 4) is 11.1 Å². The van der Waals surface area contributed by atoms with Gasteiger partial charge in [-0.05, 0) is 54.1 Å². The van der Waals surface area contributed by atoms with Gasteiger partial charge in [-0.3, -0.25) is 4.98 Å². The van der Waals surface area contributed by atoms with Crippen LogP contribution in [0.2, 0.25) is 0 Å². The van der Waals surface area contributed by atoms with E-state index in [1.807, 2.05) is 23.9 Å². The summed E-state index contributed by atoms with van der Waals surface area (Å²) in [6.07, 6.45) is 8.07. The molecule has 2 aromatic rings. The van der Waals surface area contributed by atoms with Crippen molar-refractivity contribution < 1.29 is 0 Å². The monoisotopic (exact) mass is 294 g/mol. The van der Waals surface area contributed by atoms with Gasteiger partial charge >= 0.3 is 0 Å². The fourth-order valence-corrected chi connectivity index (χ4v) is 3.05. The number of nitrogen functional groups attached to an aromatic ring is 1. The second kappa shape index (κ2) is 7.35. The Hall–Kier alpha value is -1.27. The molecule has 0 aliphatic rings. The van der Waals surface area contributed by atoms with Crippen LogP contribution >= 0.6 is 23.3 Å². The SMILES string of the molecule is CSCCCCNc1snc(N)c1-c1ccncc1. The fraction of sp³-hybridized carbons (Fsp3) is 0.385. The molecule has 19 heavy (non-hydrogen) atoms. The molecule has 0 radical (unpaired) electrons. The van der Waals surface area contributed by atoms with Crippen LogP contribution in [0.15, 0.2) is 24.5 Å². The largest absolute Gasteiger partial charge is 0.382 e. The minimum Gasteiger partial charge on any atom is -0.382 e. The molecule has 0 aliphatic heterocycles. The van der Waals surface area contributed by atoms with Crippen molar-refractivity contribution in [2.75, 3.05) is 29.6 Å². The quantitative estimate of drug-likeness (QED) is 0.767. The Kier molecular flexibility index (Phi) is 5.47. The standard InChI is InChI=1S/C13H18N4S2/c1-18-9-3-2-6-16-13-11(12(14)17-19-13)10-4-7-15-8-5-10/h4-5,7-8,16H,2-3,6,9H2,1H3,(H2,14,17). The zero-order chi connectivity index (χ0) is 13.5. The number of anilines is 2. The first-order valence-corrected chi connectivity index (χ1v) is 8.38. The molecule has 3 N–H and O–H groups in total. The van der Waals surface area contributed by atoms with Gasteiger partial charge in [-0.1, -0.05) is 0 Å². The van der Waals surface area contributed by atoms with Crippen LogP contribution in [0.4, 0.5) is 10.8 Å². The molecular weight excluding hydrogens is 276 g/mol. The number of hydrogen-bond acceptors (Lipinski definition) is 6. The summed E-state index contributed by atoms with van der Waals surface area (Å²) < 4.78 is 4.24. The second-order valence-electron chi connectivity index (χ2n) is 4.13. The second-order valence-corrected chi connectivity index (χ2v) is 5.89. The van der Waals surface area contributed by atoms with Gasteiger partial charge in [0.1, 0.15) is 10.8 Å². The van der Waals surface area contributed by atoms with Crippen molar-refractivity contribution in [1.29, 1.82) is 0 Å². The summed E-state index contributed by atoms with van der Waals surface area (Å²) in [4.78, 5) is 4.03. The third-order valence-corrected chi connectivity index (χ3v) is 4.26. The van der Waals surface area contributed by atoms with Crippen molar-refractivity contribution in [1.82, 2.24) is 9.36 Å². The van der Waals surface area contributed by atoms with Crippen LogP contribution in [0, 0.1) is 0 Å². The van der Waals surface area contributed by atoms with Crippen LogP contribution in [-0.4, -0.2) is 27.9 Å². The highest BCUT2D eigenvalue weighted by Gasteiger charge is 2.12. The summed E-state index contributed by atoms with van der Waals surface area (Å²) in [5.74, 6) is 1.80. The molecule has 0 aromatic carbocycles. The van der Waals surface area contributed by atoms with Crippen LogP contribution < -0.4 is 11.1 Å². The summed E-state index contributed by atoms with van der Waals surface area (Å²) in [5.41, 5.74) is 8.02. The summed E-state index contributed by atoms with van der Waals surface area (Å²) in [7, 11) is 0. The molecular formula is C13H18N4S2. The Morgan fingerprint density at radius 1 is 1.32 bits per heavy atom. The Balaban J connectivity index is 2.02. The third kappa shape index (κ3) is 3.84. The molecule has 0 amide bonds. The van der Waals surface area contributed by atoms with Gasteiger partial charge in [-0.15, -0.1) is 0 Å². The first-order valence-electron chi connectivity index (χ1n) is 6.21. The Morgan fingerprint density at radius 3 is 2.84 bits per heavy atom. The number of nitrogens with two attached hydrogens (primary N) is 1. The van der Waals surface area contributed by atoms with Crippen molar-refractivity contribution >= 4 is 34.1 Å². The number of nitrogens with one attached hydrogen (secondary N) is 1. The van der Waals surface area contributed by atoms with Gasteiger partial charge in [0.2, 0.25) is 0 Å². The van der Waals surface area contributed by atoms with E-state index in [1.165, 1.54) is 23.7 Å². The van der Waals surface area contributed by atoms with Gasteiger partial charge in [0.25, 0.3) is 0 Å². The number of hydrogen-bond donors (Lipinski definition) is 2. The van der Waals surface area contributed by atoms with Crippen LogP contribution in [0.1, 0.15) is 12.8 Å². The van der Waals surface area contributed by atoms with E-state index in [4.69, 9.17) is 5.73 Å². The highest BCUT2D eigenvalue weighted by atomic mass is 32.2. The molecule has 6 heteroatoms. The molecule has 0 aliphatic carbocycles. The number of thioether (sulfide) groups is 1. The minimum atomic E-state index is 0.586. The molecule has 0 unspecified atom stereocenters. The number of rotatable bonds is 7. The Labute approximate surface area is 122 Å². The van der Waals surface area contributed by atoms with Gasteiger partial charge in [0, 0.05) is 18.9 Å². The van der Waals surface area contributed by atoms with Crippen molar-refractivity contribution in [2.24, 2.45) is 0 Å². The van der Waals surface area contributed by atoms with Gasteiger partial charge in [-0.25, -0.2) is 0 Å². The molecule has 0 bridgehead atoms. The topological polar surface area (TPSA) is 63.8 Å². The summed E-state index contributed by atoms with van der Waals surface area (Å²) in [6, 6.07) is 3.91. The molecule has 0 fully saturated rings. The Morgan fingerprint density at radius 2 is 2.11 bits per heavy atom. The van der Waals surface area contributed by atoms with Gasteiger partial charge in [0.05, 0.1) is 5.56 Å². The first-order chi connectivity index (χ1) is 9.33. The average molecular weight is 294 g/mol. The number of unbranched alkanes of at least 4 members (excludes halogenated alkanes) is 1. The lowest BCUT2D eigenvalue weighted by Crippen LogP contribution is -2.01. The maximum absolute atomic E-state index is 5.96. The number of aromatic nitrogens is 2. The van der Waals surface area contributed by atoms with Crippen molar-refractivity contribution in [3.05, 3.63) is 24.5 Å². The van der Waals surface area contributed by atoms with Crippen LogP contribution in [0.3, 0.4) is 0 Å². The van der Waals surface area contributed by atoms with E-state index in [0.29, 0.717) is 5.82 Å². The van der Waals surface area contributed by atoms with Gasteiger partial charge in [0.15, 0.2) is 0 Å². The van der Waals surface area contributed by atoms with Crippen LogP contribution in [0.5, 0.6) is 0 Å². The normalized spacial score (nSPS) is 10.6. The van der Waals surface area contributed by atoms with E-state index in [1.54, 1.807) is 12.4 Å². The molecule has 102 valence electrons. The number of pyridine rings is 1. The lowest BCUT2D eigenvalue weighted by Gasteiger charge is -2.07. The lowest BCUT2D eigenvalue weighted by molar-refractivity contribution is 0.845. The van der Waals surface area contributed by atoms with Gasteiger partial charge < -0.3 is 11.1 Å². The zero-order valence-corrected chi connectivity index (χ0v) is 12.6. The van der Waals surface area contributed by atoms with E-state index >= 15 is 0 Å². The molecule has 0 spiro atoms. The smallest absolute Gasteiger partial charge is 0.147 e. The molecule has 0 atom stereocenters. The van der Waals surface area contributed by atoms with Crippen LogP contribution in [0.25, 0.3) is 11.1 Å². The van der Waals surface area contributed by atoms with Crippen molar-refractivity contribution in [3.63, 3.8) is 0 Å². The summed E-state index contributed by atoms with van der Waals surface area (Å²) >= 11 is 3.31. The predicted molar refractivity (Wildman–Crippen MR) is 85.9 cm³/mol. The Bertz CT molecular complexity index is 499. The highest BCUT2D eigenvalue weighted by molar-refractivity contribution is 7.98. The lowest BCUT2D eigenvalue weighted by atomic mass is 10.1. The summed E-state index contributed by atoms with van der Waals surface area (Å²) in [5, 5.41) is 4.49. The highest BCUT2D eigenvalue weighted by Crippen LogP contribution is 2.36. The first kappa shape index (κ1) is 14.1. The zero-order valence-electron chi connectivity index (χ0n) is 10.9. The molecule has 0 saturated carbocycles. The maximum atomic E-state index is 5.96. The van der Waals surface area contributed by atoms with E-state index in [9.17, 15) is 0 Å². The maximum Gasteiger partial charge on any atom is 0.147 e. The predicted octanol–water partition coefficient (Wildman–Crippen LogP) is 3.34. The molecule has 2 heterocycles.